The molecule has 1 saturated heterocycles. The topological polar surface area (TPSA) is 120 Å². The van der Waals surface area contributed by atoms with Crippen molar-refractivity contribution in [3.05, 3.63) is 89.0 Å². The van der Waals surface area contributed by atoms with Gasteiger partial charge >= 0.3 is 6.09 Å². The number of hydrogen-bond donors (Lipinski definition) is 0. The van der Waals surface area contributed by atoms with Crippen LogP contribution in [0.2, 0.25) is 0 Å². The van der Waals surface area contributed by atoms with Gasteiger partial charge in [0, 0.05) is 60.4 Å². The predicted molar refractivity (Wildman–Crippen MR) is 180 cm³/mol. The molecule has 1 fully saturated rings. The first-order valence-electron chi connectivity index (χ1n) is 15.8. The molecule has 280 valence electrons. The standard InChI is InChI=1S/C34H35F5N4O7S2/c1-34(2,3)50-33(44)42-9-8-22(23-11-25(36)26(37)12-24(23)35)20(15-42)17-49-30-13-28(39)31(14-27(30)38)52(45,46)43(32-40-18-41-51-32)16-19-6-7-21(47-4)10-29(19)48-5/h6-7,10-14,18,20,22H,8-9,15-17H2,1-5H3/t20-,22+/m0/s1. The number of piperidine rings is 1. The molecule has 5 rings (SSSR count). The fourth-order valence-electron chi connectivity index (χ4n) is 5.73. The molecule has 52 heavy (non-hydrogen) atoms. The molecule has 0 bridgehead atoms. The van der Waals surface area contributed by atoms with Gasteiger partial charge in [0.15, 0.2) is 23.2 Å². The number of aromatic nitrogens is 2. The van der Waals surface area contributed by atoms with Crippen molar-refractivity contribution in [2.24, 2.45) is 5.92 Å². The zero-order valence-corrected chi connectivity index (χ0v) is 30.3. The Bertz CT molecular complexity index is 2030. The van der Waals surface area contributed by atoms with E-state index in [2.05, 4.69) is 9.36 Å². The summed E-state index contributed by atoms with van der Waals surface area (Å²) in [6.07, 6.45) is 0.487. The number of anilines is 1. The maximum atomic E-state index is 15.8. The Morgan fingerprint density at radius 1 is 0.942 bits per heavy atom. The number of halogens is 5. The van der Waals surface area contributed by atoms with Crippen molar-refractivity contribution < 1.29 is 54.1 Å². The van der Waals surface area contributed by atoms with Gasteiger partial charge in [0.25, 0.3) is 10.0 Å². The van der Waals surface area contributed by atoms with Gasteiger partial charge in [-0.3, -0.25) is 0 Å². The van der Waals surface area contributed by atoms with E-state index >= 15 is 8.78 Å². The largest absolute Gasteiger partial charge is 0.497 e. The molecular formula is C34H35F5N4O7S2. The molecule has 2 atom stereocenters. The number of methoxy groups -OCH3 is 2. The van der Waals surface area contributed by atoms with Gasteiger partial charge in [0.2, 0.25) is 5.13 Å². The summed E-state index contributed by atoms with van der Waals surface area (Å²) >= 11 is 0.707. The van der Waals surface area contributed by atoms with Crippen molar-refractivity contribution in [2.45, 2.75) is 50.2 Å². The maximum absolute atomic E-state index is 15.8. The zero-order chi connectivity index (χ0) is 38.0. The van der Waals surface area contributed by atoms with E-state index in [0.29, 0.717) is 41.0 Å². The Hall–Kier alpha value is -4.71. The second-order valence-electron chi connectivity index (χ2n) is 12.8. The number of hydrogen-bond acceptors (Lipinski definition) is 10. The average molecular weight is 771 g/mol. The Balaban J connectivity index is 1.44. The summed E-state index contributed by atoms with van der Waals surface area (Å²) in [5.41, 5.74) is -0.682. The molecule has 0 saturated carbocycles. The molecule has 1 amide bonds. The SMILES string of the molecule is COc1ccc(CN(c2ncns2)S(=O)(=O)c2cc(F)c(OC[C@@H]3CN(C(=O)OC(C)(C)C)CC[C@H]3c3cc(F)c(F)cc3F)cc2F)c(OC)c1. The van der Waals surface area contributed by atoms with Crippen LogP contribution in [0.25, 0.3) is 0 Å². The van der Waals surface area contributed by atoms with Crippen LogP contribution in [-0.2, 0) is 21.3 Å². The Morgan fingerprint density at radius 3 is 2.33 bits per heavy atom. The summed E-state index contributed by atoms with van der Waals surface area (Å²) in [6, 6.07) is 6.78. The van der Waals surface area contributed by atoms with Crippen LogP contribution in [0.5, 0.6) is 17.2 Å². The number of amides is 1. The number of sulfonamides is 1. The summed E-state index contributed by atoms with van der Waals surface area (Å²) in [5.74, 6) is -8.01. The molecule has 0 radical (unpaired) electrons. The quantitative estimate of drug-likeness (QED) is 0.117. The van der Waals surface area contributed by atoms with E-state index in [-0.39, 0.29) is 36.0 Å². The smallest absolute Gasteiger partial charge is 0.410 e. The van der Waals surface area contributed by atoms with E-state index in [1.54, 1.807) is 32.9 Å². The Kier molecular flexibility index (Phi) is 11.5. The van der Waals surface area contributed by atoms with Crippen LogP contribution >= 0.6 is 11.5 Å². The van der Waals surface area contributed by atoms with Gasteiger partial charge < -0.3 is 23.8 Å². The van der Waals surface area contributed by atoms with Gasteiger partial charge in [-0.05, 0) is 56.9 Å². The van der Waals surface area contributed by atoms with Gasteiger partial charge in [0.05, 0.1) is 27.4 Å². The van der Waals surface area contributed by atoms with Crippen molar-refractivity contribution in [3.63, 3.8) is 0 Å². The highest BCUT2D eigenvalue weighted by atomic mass is 32.2. The lowest BCUT2D eigenvalue weighted by molar-refractivity contribution is 0.0108. The first kappa shape index (κ1) is 38.5. The maximum Gasteiger partial charge on any atom is 0.410 e. The van der Waals surface area contributed by atoms with E-state index in [1.165, 1.54) is 25.2 Å². The number of likely N-dealkylation sites (tertiary alicyclic amines) is 1. The highest BCUT2D eigenvalue weighted by Gasteiger charge is 2.37. The molecule has 0 unspecified atom stereocenters. The van der Waals surface area contributed by atoms with Crippen LogP contribution in [0.4, 0.5) is 31.9 Å². The summed E-state index contributed by atoms with van der Waals surface area (Å²) in [7, 11) is -2.03. The first-order valence-corrected chi connectivity index (χ1v) is 18.0. The van der Waals surface area contributed by atoms with Crippen LogP contribution in [0.1, 0.15) is 44.2 Å². The third kappa shape index (κ3) is 8.49. The van der Waals surface area contributed by atoms with Crippen molar-refractivity contribution in [1.29, 1.82) is 0 Å². The summed E-state index contributed by atoms with van der Waals surface area (Å²) in [4.78, 5) is 17.1. The third-order valence-corrected chi connectivity index (χ3v) is 10.8. The lowest BCUT2D eigenvalue weighted by Gasteiger charge is -2.39. The molecule has 1 aliphatic rings. The van der Waals surface area contributed by atoms with Crippen LogP contribution in [0.15, 0.2) is 53.7 Å². The fourth-order valence-corrected chi connectivity index (χ4v) is 7.92. The predicted octanol–water partition coefficient (Wildman–Crippen LogP) is 7.07. The number of nitrogens with zero attached hydrogens (tertiary/aromatic N) is 4. The third-order valence-electron chi connectivity index (χ3n) is 8.20. The van der Waals surface area contributed by atoms with Crippen molar-refractivity contribution >= 4 is 32.8 Å². The normalized spacial score (nSPS) is 16.4. The number of benzene rings is 3. The number of ether oxygens (including phenoxy) is 4. The molecule has 3 aromatic carbocycles. The molecule has 0 aliphatic carbocycles. The highest BCUT2D eigenvalue weighted by Crippen LogP contribution is 2.38. The number of rotatable bonds is 11. The van der Waals surface area contributed by atoms with Crippen LogP contribution in [0, 0.1) is 35.0 Å². The summed E-state index contributed by atoms with van der Waals surface area (Å²) in [6.45, 7) is 4.08. The summed E-state index contributed by atoms with van der Waals surface area (Å²) < 4.78 is 128. The second kappa shape index (κ2) is 15.5. The molecule has 2 heterocycles. The van der Waals surface area contributed by atoms with Crippen molar-refractivity contribution in [1.82, 2.24) is 14.3 Å². The van der Waals surface area contributed by atoms with Gasteiger partial charge in [-0.2, -0.15) is 4.37 Å². The number of carbonyl (C=O) groups excluding carboxylic acids is 1. The lowest BCUT2D eigenvalue weighted by atomic mass is 9.80. The molecule has 0 spiro atoms. The van der Waals surface area contributed by atoms with Crippen LogP contribution in [0.3, 0.4) is 0 Å². The molecule has 1 aromatic heterocycles. The fraction of sp³-hybridized carbons (Fsp3) is 0.382. The molecule has 1 aliphatic heterocycles. The number of carbonyl (C=O) groups is 1. The Morgan fingerprint density at radius 2 is 1.67 bits per heavy atom. The molecule has 0 N–H and O–H groups in total. The van der Waals surface area contributed by atoms with E-state index in [4.69, 9.17) is 18.9 Å². The van der Waals surface area contributed by atoms with Gasteiger partial charge in [-0.25, -0.2) is 44.5 Å². The minimum absolute atomic E-state index is 0.0670. The monoisotopic (exact) mass is 770 g/mol. The van der Waals surface area contributed by atoms with Crippen molar-refractivity contribution in [3.8, 4) is 17.2 Å². The second-order valence-corrected chi connectivity index (χ2v) is 15.4. The lowest BCUT2D eigenvalue weighted by Crippen LogP contribution is -2.47. The summed E-state index contributed by atoms with van der Waals surface area (Å²) in [5, 5.41) is -0.139. The van der Waals surface area contributed by atoms with Crippen LogP contribution in [-0.4, -0.2) is 68.3 Å². The van der Waals surface area contributed by atoms with E-state index in [0.717, 1.165) is 16.7 Å². The van der Waals surface area contributed by atoms with Gasteiger partial charge in [0.1, 0.15) is 40.0 Å². The average Bonchev–Trinajstić information content (AvgIpc) is 3.62. The van der Waals surface area contributed by atoms with Crippen LogP contribution < -0.4 is 18.5 Å². The van der Waals surface area contributed by atoms with E-state index in [1.807, 2.05) is 0 Å². The molecule has 11 nitrogen and oxygen atoms in total. The first-order chi connectivity index (χ1) is 24.5. The van der Waals surface area contributed by atoms with Gasteiger partial charge in [-0.1, -0.05) is 0 Å². The van der Waals surface area contributed by atoms with E-state index < -0.39 is 86.4 Å². The zero-order valence-electron chi connectivity index (χ0n) is 28.7. The Labute approximate surface area is 301 Å². The minimum Gasteiger partial charge on any atom is -0.497 e. The molecular weight excluding hydrogens is 736 g/mol. The van der Waals surface area contributed by atoms with Gasteiger partial charge in [-0.15, -0.1) is 0 Å². The van der Waals surface area contributed by atoms with E-state index in [9.17, 15) is 26.4 Å². The molecule has 4 aromatic rings. The highest BCUT2D eigenvalue weighted by molar-refractivity contribution is 7.93. The minimum atomic E-state index is -4.84. The van der Waals surface area contributed by atoms with Crippen molar-refractivity contribution in [2.75, 3.05) is 38.2 Å². The molecule has 18 heteroatoms.